The van der Waals surface area contributed by atoms with E-state index in [1.165, 1.54) is 17.4 Å². The van der Waals surface area contributed by atoms with Gasteiger partial charge in [0.05, 0.1) is 11.9 Å². The molecule has 0 atom stereocenters. The number of thiophene rings is 1. The number of fused-ring (bicyclic) bond motifs is 1. The fourth-order valence-corrected chi connectivity index (χ4v) is 4.41. The van der Waals surface area contributed by atoms with Crippen molar-refractivity contribution in [3.8, 4) is 11.1 Å². The van der Waals surface area contributed by atoms with Gasteiger partial charge >= 0.3 is 5.97 Å². The molecule has 1 N–H and O–H groups in total. The Labute approximate surface area is 164 Å². The molecular weight excluding hydrogens is 376 g/mol. The third-order valence-electron chi connectivity index (χ3n) is 4.63. The number of hydrogen-bond acceptors (Lipinski definition) is 5. The quantitative estimate of drug-likeness (QED) is 0.544. The van der Waals surface area contributed by atoms with Gasteiger partial charge in [-0.2, -0.15) is 0 Å². The Morgan fingerprint density at radius 3 is 2.61 bits per heavy atom. The zero-order chi connectivity index (χ0) is 19.8. The molecule has 3 aromatic heterocycles. The summed E-state index contributed by atoms with van der Waals surface area (Å²) in [6, 6.07) is 12.8. The standard InChI is InChI=1S/C21H18N2O4S/c1-3-16-22-19-18(17(12(2)28-19)13-7-5-4-6-8-13)20(24)23(16)11-14-9-10-15(27-14)21(25)26/h4-10H,3,11H2,1-2H3,(H,25,26). The predicted octanol–water partition coefficient (Wildman–Crippen LogP) is 4.34. The van der Waals surface area contributed by atoms with E-state index in [9.17, 15) is 9.59 Å². The Kier molecular flexibility index (Phi) is 4.60. The van der Waals surface area contributed by atoms with Crippen molar-refractivity contribution >= 4 is 27.5 Å². The topological polar surface area (TPSA) is 85.3 Å². The summed E-state index contributed by atoms with van der Waals surface area (Å²) in [5.41, 5.74) is 1.74. The molecule has 0 saturated carbocycles. The van der Waals surface area contributed by atoms with Crippen LogP contribution in [-0.2, 0) is 13.0 Å². The maximum atomic E-state index is 13.4. The van der Waals surface area contributed by atoms with E-state index in [2.05, 4.69) is 0 Å². The van der Waals surface area contributed by atoms with E-state index in [4.69, 9.17) is 14.5 Å². The predicted molar refractivity (Wildman–Crippen MR) is 108 cm³/mol. The number of benzene rings is 1. The lowest BCUT2D eigenvalue weighted by molar-refractivity contribution is 0.0660. The monoisotopic (exact) mass is 394 g/mol. The van der Waals surface area contributed by atoms with Crippen LogP contribution in [0.25, 0.3) is 21.3 Å². The van der Waals surface area contributed by atoms with Crippen molar-refractivity contribution in [1.29, 1.82) is 0 Å². The Morgan fingerprint density at radius 2 is 1.96 bits per heavy atom. The lowest BCUT2D eigenvalue weighted by Crippen LogP contribution is -2.25. The van der Waals surface area contributed by atoms with E-state index in [1.54, 1.807) is 10.6 Å². The van der Waals surface area contributed by atoms with E-state index in [1.807, 2.05) is 44.2 Å². The van der Waals surface area contributed by atoms with Crippen molar-refractivity contribution in [2.45, 2.75) is 26.8 Å². The van der Waals surface area contributed by atoms with Gasteiger partial charge in [-0.25, -0.2) is 9.78 Å². The van der Waals surface area contributed by atoms with Gasteiger partial charge in [-0.3, -0.25) is 9.36 Å². The summed E-state index contributed by atoms with van der Waals surface area (Å²) in [5, 5.41) is 9.65. The molecule has 142 valence electrons. The van der Waals surface area contributed by atoms with Crippen LogP contribution in [0.5, 0.6) is 0 Å². The Hall–Kier alpha value is -3.19. The molecule has 0 radical (unpaired) electrons. The van der Waals surface area contributed by atoms with Gasteiger partial charge in [-0.05, 0) is 24.6 Å². The average molecular weight is 394 g/mol. The van der Waals surface area contributed by atoms with Gasteiger partial charge < -0.3 is 9.52 Å². The Morgan fingerprint density at radius 1 is 1.21 bits per heavy atom. The van der Waals surface area contributed by atoms with Gasteiger partial charge in [0.1, 0.15) is 16.4 Å². The summed E-state index contributed by atoms with van der Waals surface area (Å²) in [6.07, 6.45) is 0.579. The lowest BCUT2D eigenvalue weighted by Gasteiger charge is -2.10. The zero-order valence-corrected chi connectivity index (χ0v) is 16.2. The molecule has 0 bridgehead atoms. The number of carboxylic acids is 1. The van der Waals surface area contributed by atoms with Crippen molar-refractivity contribution < 1.29 is 14.3 Å². The third-order valence-corrected chi connectivity index (χ3v) is 5.63. The number of aromatic carboxylic acids is 1. The first-order valence-corrected chi connectivity index (χ1v) is 9.71. The maximum absolute atomic E-state index is 13.4. The lowest BCUT2D eigenvalue weighted by atomic mass is 10.0. The van der Waals surface area contributed by atoms with Gasteiger partial charge in [-0.1, -0.05) is 37.3 Å². The minimum Gasteiger partial charge on any atom is -0.475 e. The highest BCUT2D eigenvalue weighted by molar-refractivity contribution is 7.19. The van der Waals surface area contributed by atoms with Crippen LogP contribution in [-0.4, -0.2) is 20.6 Å². The highest BCUT2D eigenvalue weighted by atomic mass is 32.1. The number of hydrogen-bond donors (Lipinski definition) is 1. The molecule has 4 aromatic rings. The molecule has 4 rings (SSSR count). The van der Waals surface area contributed by atoms with Crippen LogP contribution >= 0.6 is 11.3 Å². The minimum atomic E-state index is -1.14. The molecule has 0 spiro atoms. The van der Waals surface area contributed by atoms with E-state index < -0.39 is 5.97 Å². The van der Waals surface area contributed by atoms with Crippen LogP contribution in [0.1, 0.15) is 33.9 Å². The molecule has 0 aliphatic carbocycles. The third kappa shape index (κ3) is 3.03. The van der Waals surface area contributed by atoms with Crippen molar-refractivity contribution in [3.63, 3.8) is 0 Å². The molecule has 28 heavy (non-hydrogen) atoms. The van der Waals surface area contributed by atoms with Gasteiger partial charge in [0.15, 0.2) is 0 Å². The van der Waals surface area contributed by atoms with Crippen LogP contribution in [0.3, 0.4) is 0 Å². The molecule has 7 heteroatoms. The number of aromatic nitrogens is 2. The van der Waals surface area contributed by atoms with Gasteiger partial charge in [0.25, 0.3) is 5.56 Å². The van der Waals surface area contributed by atoms with Gasteiger partial charge in [0.2, 0.25) is 5.76 Å². The molecular formula is C21H18N2O4S. The van der Waals surface area contributed by atoms with Crippen molar-refractivity contribution in [1.82, 2.24) is 9.55 Å². The number of carboxylic acid groups (broad SMARTS) is 1. The fraction of sp³-hybridized carbons (Fsp3) is 0.190. The second kappa shape index (κ2) is 7.09. The second-order valence-electron chi connectivity index (χ2n) is 6.42. The summed E-state index contributed by atoms with van der Waals surface area (Å²) in [5.74, 6) is -0.232. The van der Waals surface area contributed by atoms with Crippen LogP contribution in [0.4, 0.5) is 0 Å². The van der Waals surface area contributed by atoms with E-state index in [-0.39, 0.29) is 17.9 Å². The fourth-order valence-electron chi connectivity index (χ4n) is 3.36. The number of furan rings is 1. The average Bonchev–Trinajstić information content (AvgIpc) is 3.28. The van der Waals surface area contributed by atoms with Gasteiger partial charge in [-0.15, -0.1) is 11.3 Å². The summed E-state index contributed by atoms with van der Waals surface area (Å²) in [6.45, 7) is 4.07. The number of nitrogens with zero attached hydrogens (tertiary/aromatic N) is 2. The van der Waals surface area contributed by atoms with E-state index in [0.717, 1.165) is 20.8 Å². The first-order chi connectivity index (χ1) is 13.5. The summed E-state index contributed by atoms with van der Waals surface area (Å²) in [4.78, 5) is 31.0. The summed E-state index contributed by atoms with van der Waals surface area (Å²) in [7, 11) is 0. The first-order valence-electron chi connectivity index (χ1n) is 8.89. The minimum absolute atomic E-state index is 0.140. The van der Waals surface area contributed by atoms with Crippen molar-refractivity contribution in [2.75, 3.05) is 0 Å². The van der Waals surface area contributed by atoms with Crippen LogP contribution in [0.2, 0.25) is 0 Å². The number of carbonyl (C=O) groups is 1. The first kappa shape index (κ1) is 18.2. The molecule has 0 saturated heterocycles. The summed E-state index contributed by atoms with van der Waals surface area (Å²) < 4.78 is 6.93. The molecule has 0 fully saturated rings. The Bertz CT molecular complexity index is 1230. The molecule has 1 aromatic carbocycles. The molecule has 0 aliphatic heterocycles. The molecule has 6 nitrogen and oxygen atoms in total. The highest BCUT2D eigenvalue weighted by Crippen LogP contribution is 2.35. The normalized spacial score (nSPS) is 11.2. The molecule has 3 heterocycles. The summed E-state index contributed by atoms with van der Waals surface area (Å²) >= 11 is 1.51. The van der Waals surface area contributed by atoms with Crippen LogP contribution in [0.15, 0.2) is 51.7 Å². The van der Waals surface area contributed by atoms with Crippen molar-refractivity contribution in [2.24, 2.45) is 0 Å². The molecule has 0 aliphatic rings. The van der Waals surface area contributed by atoms with E-state index >= 15 is 0 Å². The maximum Gasteiger partial charge on any atom is 0.371 e. The SMILES string of the molecule is CCc1nc2sc(C)c(-c3ccccc3)c2c(=O)n1Cc1ccc(C(=O)O)o1. The second-order valence-corrected chi connectivity index (χ2v) is 7.63. The van der Waals surface area contributed by atoms with Crippen LogP contribution < -0.4 is 5.56 Å². The van der Waals surface area contributed by atoms with E-state index in [0.29, 0.717) is 23.4 Å². The number of rotatable bonds is 5. The smallest absolute Gasteiger partial charge is 0.371 e. The van der Waals surface area contributed by atoms with Gasteiger partial charge in [0, 0.05) is 16.9 Å². The molecule has 0 amide bonds. The van der Waals surface area contributed by atoms with Crippen molar-refractivity contribution in [3.05, 3.63) is 75.0 Å². The molecule has 0 unspecified atom stereocenters. The zero-order valence-electron chi connectivity index (χ0n) is 15.4. The largest absolute Gasteiger partial charge is 0.475 e. The van der Waals surface area contributed by atoms with Crippen LogP contribution in [0, 0.1) is 6.92 Å². The Balaban J connectivity index is 1.92. The highest BCUT2D eigenvalue weighted by Gasteiger charge is 2.20. The number of aryl methyl sites for hydroxylation is 2.